The van der Waals surface area contributed by atoms with E-state index in [0.717, 1.165) is 22.2 Å². The molecule has 0 unspecified atom stereocenters. The second-order valence-corrected chi connectivity index (χ2v) is 7.07. The van der Waals surface area contributed by atoms with Crippen LogP contribution in [0, 0.1) is 6.92 Å². The van der Waals surface area contributed by atoms with E-state index in [4.69, 9.17) is 9.51 Å². The molecule has 2 heterocycles. The molecule has 0 atom stereocenters. The highest BCUT2D eigenvalue weighted by Gasteiger charge is 2.17. The van der Waals surface area contributed by atoms with Crippen molar-refractivity contribution in [1.82, 2.24) is 15.1 Å². The third-order valence-corrected chi connectivity index (χ3v) is 4.97. The molecule has 0 fully saturated rings. The van der Waals surface area contributed by atoms with Crippen molar-refractivity contribution in [3.05, 3.63) is 96.4 Å². The number of carbonyl (C=O) groups is 1. The van der Waals surface area contributed by atoms with Crippen LogP contribution >= 0.6 is 0 Å². The minimum Gasteiger partial charge on any atom is -0.339 e. The van der Waals surface area contributed by atoms with Crippen molar-refractivity contribution in [2.45, 2.75) is 6.92 Å². The summed E-state index contributed by atoms with van der Waals surface area (Å²) in [7, 11) is 0. The minimum absolute atomic E-state index is 0.233. The number of carbonyl (C=O) groups excluding carboxylic acids is 1. The lowest BCUT2D eigenvalue weighted by Crippen LogP contribution is -2.14. The van der Waals surface area contributed by atoms with Gasteiger partial charge in [-0.05, 0) is 24.3 Å². The zero-order valence-corrected chi connectivity index (χ0v) is 16.7. The first kappa shape index (κ1) is 18.7. The quantitative estimate of drug-likeness (QED) is 0.425. The molecule has 0 aliphatic heterocycles. The summed E-state index contributed by atoms with van der Waals surface area (Å²) in [5.41, 5.74) is 4.29. The highest BCUT2D eigenvalue weighted by atomic mass is 16.5. The number of hydrogen-bond acceptors (Lipinski definition) is 5. The molecule has 2 aromatic heterocycles. The van der Waals surface area contributed by atoms with Gasteiger partial charge >= 0.3 is 0 Å². The number of aryl methyl sites for hydroxylation is 1. The first-order valence-corrected chi connectivity index (χ1v) is 9.85. The highest BCUT2D eigenvalue weighted by Crippen LogP contribution is 2.28. The van der Waals surface area contributed by atoms with Crippen molar-refractivity contribution >= 4 is 22.5 Å². The van der Waals surface area contributed by atoms with Crippen LogP contribution in [-0.2, 0) is 0 Å². The summed E-state index contributed by atoms with van der Waals surface area (Å²) in [5, 5.41) is 7.78. The third kappa shape index (κ3) is 3.67. The summed E-state index contributed by atoms with van der Waals surface area (Å²) in [5.74, 6) is 0.658. The Labute approximate surface area is 178 Å². The van der Waals surface area contributed by atoms with E-state index in [-0.39, 0.29) is 5.91 Å². The molecule has 5 aromatic rings. The van der Waals surface area contributed by atoms with Crippen molar-refractivity contribution in [3.63, 3.8) is 0 Å². The molecule has 0 aliphatic rings. The van der Waals surface area contributed by atoms with E-state index in [1.54, 1.807) is 6.92 Å². The Balaban J connectivity index is 1.58. The predicted molar refractivity (Wildman–Crippen MR) is 120 cm³/mol. The predicted octanol–water partition coefficient (Wildman–Crippen LogP) is 5.51. The molecule has 0 spiro atoms. The summed E-state index contributed by atoms with van der Waals surface area (Å²) in [6.07, 6.45) is 0. The number of nitrogens with zero attached hydrogens (tertiary/aromatic N) is 3. The number of pyridine rings is 1. The van der Waals surface area contributed by atoms with Crippen molar-refractivity contribution in [2.75, 3.05) is 5.32 Å². The van der Waals surface area contributed by atoms with Crippen molar-refractivity contribution in [3.8, 4) is 22.6 Å². The smallest absolute Gasteiger partial charge is 0.256 e. The molecule has 0 saturated carbocycles. The van der Waals surface area contributed by atoms with Crippen molar-refractivity contribution < 1.29 is 9.32 Å². The van der Waals surface area contributed by atoms with E-state index in [1.807, 2.05) is 84.9 Å². The van der Waals surface area contributed by atoms with Crippen LogP contribution in [0.25, 0.3) is 33.5 Å². The fourth-order valence-corrected chi connectivity index (χ4v) is 3.51. The van der Waals surface area contributed by atoms with Gasteiger partial charge in [0.15, 0.2) is 0 Å². The second-order valence-electron chi connectivity index (χ2n) is 7.07. The van der Waals surface area contributed by atoms with E-state index < -0.39 is 0 Å². The molecule has 0 bridgehead atoms. The first-order chi connectivity index (χ1) is 15.2. The van der Waals surface area contributed by atoms with Gasteiger partial charge in [-0.2, -0.15) is 4.98 Å². The summed E-state index contributed by atoms with van der Waals surface area (Å²) in [4.78, 5) is 22.4. The van der Waals surface area contributed by atoms with Gasteiger partial charge in [0.25, 0.3) is 5.91 Å². The van der Waals surface area contributed by atoms with Crippen LogP contribution in [0.1, 0.15) is 16.2 Å². The zero-order valence-electron chi connectivity index (χ0n) is 16.7. The molecular weight excluding hydrogens is 388 g/mol. The molecule has 0 radical (unpaired) electrons. The Morgan fingerprint density at radius 3 is 2.42 bits per heavy atom. The molecular formula is C25H18N4O2. The lowest BCUT2D eigenvalue weighted by atomic mass is 10.0. The molecule has 3 aromatic carbocycles. The summed E-state index contributed by atoms with van der Waals surface area (Å²) >= 11 is 0. The molecule has 5 rings (SSSR count). The minimum atomic E-state index is -0.233. The largest absolute Gasteiger partial charge is 0.339 e. The van der Waals surface area contributed by atoms with Crippen LogP contribution in [-0.4, -0.2) is 21.0 Å². The lowest BCUT2D eigenvalue weighted by Gasteiger charge is -2.12. The molecule has 150 valence electrons. The van der Waals surface area contributed by atoms with Crippen LogP contribution in [0.5, 0.6) is 0 Å². The van der Waals surface area contributed by atoms with E-state index >= 15 is 0 Å². The fraction of sp³-hybridized carbons (Fsp3) is 0.0400. The second kappa shape index (κ2) is 7.84. The van der Waals surface area contributed by atoms with E-state index in [1.165, 1.54) is 0 Å². The van der Waals surface area contributed by atoms with Gasteiger partial charge in [0.05, 0.1) is 22.5 Å². The molecule has 0 saturated heterocycles. The Morgan fingerprint density at radius 1 is 0.871 bits per heavy atom. The summed E-state index contributed by atoms with van der Waals surface area (Å²) in [6.45, 7) is 1.73. The molecule has 6 heteroatoms. The maximum Gasteiger partial charge on any atom is 0.256 e. The standard InChI is InChI=1S/C25H18N4O2/c1-16-26-24(29-31-16)19-12-6-8-14-22(19)28-25(30)20-15-23(17-9-3-2-4-10-17)27-21-13-7-5-11-18(20)21/h2-15H,1H3,(H,28,30). The number of hydrogen-bond donors (Lipinski definition) is 1. The average Bonchev–Trinajstić information content (AvgIpc) is 3.25. The van der Waals surface area contributed by atoms with Crippen LogP contribution in [0.2, 0.25) is 0 Å². The van der Waals surface area contributed by atoms with Gasteiger partial charge in [0, 0.05) is 23.4 Å². The van der Waals surface area contributed by atoms with Crippen LogP contribution in [0.4, 0.5) is 5.69 Å². The van der Waals surface area contributed by atoms with Gasteiger partial charge in [0.1, 0.15) is 0 Å². The Bertz CT molecular complexity index is 1390. The third-order valence-electron chi connectivity index (χ3n) is 4.97. The number of fused-ring (bicyclic) bond motifs is 1. The van der Waals surface area contributed by atoms with E-state index in [0.29, 0.717) is 28.5 Å². The number of amides is 1. The van der Waals surface area contributed by atoms with Gasteiger partial charge in [-0.15, -0.1) is 0 Å². The summed E-state index contributed by atoms with van der Waals surface area (Å²) in [6, 6.07) is 26.7. The topological polar surface area (TPSA) is 80.9 Å². The zero-order chi connectivity index (χ0) is 21.2. The maximum absolute atomic E-state index is 13.4. The molecule has 6 nitrogen and oxygen atoms in total. The number of nitrogens with one attached hydrogen (secondary N) is 1. The number of benzene rings is 3. The highest BCUT2D eigenvalue weighted by molar-refractivity contribution is 6.14. The van der Waals surface area contributed by atoms with Gasteiger partial charge in [0.2, 0.25) is 11.7 Å². The number of para-hydroxylation sites is 2. The number of aromatic nitrogens is 3. The van der Waals surface area contributed by atoms with Crippen LogP contribution in [0.3, 0.4) is 0 Å². The van der Waals surface area contributed by atoms with Crippen LogP contribution in [0.15, 0.2) is 89.5 Å². The van der Waals surface area contributed by atoms with Gasteiger partial charge in [-0.3, -0.25) is 4.79 Å². The Hall–Kier alpha value is -4.32. The maximum atomic E-state index is 13.4. The Kier molecular flexibility index (Phi) is 4.72. The monoisotopic (exact) mass is 406 g/mol. The number of rotatable bonds is 4. The van der Waals surface area contributed by atoms with Gasteiger partial charge < -0.3 is 9.84 Å². The van der Waals surface area contributed by atoms with Crippen LogP contribution < -0.4 is 5.32 Å². The van der Waals surface area contributed by atoms with Gasteiger partial charge in [-0.25, -0.2) is 4.98 Å². The SMILES string of the molecule is Cc1nc(-c2ccccc2NC(=O)c2cc(-c3ccccc3)nc3ccccc23)no1. The molecule has 1 amide bonds. The molecule has 1 N–H and O–H groups in total. The fourth-order valence-electron chi connectivity index (χ4n) is 3.51. The van der Waals surface area contributed by atoms with Gasteiger partial charge in [-0.1, -0.05) is 65.8 Å². The first-order valence-electron chi connectivity index (χ1n) is 9.85. The average molecular weight is 406 g/mol. The lowest BCUT2D eigenvalue weighted by molar-refractivity contribution is 0.102. The summed E-state index contributed by atoms with van der Waals surface area (Å²) < 4.78 is 5.10. The van der Waals surface area contributed by atoms with Crippen molar-refractivity contribution in [1.29, 1.82) is 0 Å². The van der Waals surface area contributed by atoms with Crippen molar-refractivity contribution in [2.24, 2.45) is 0 Å². The Morgan fingerprint density at radius 2 is 1.61 bits per heavy atom. The normalized spacial score (nSPS) is 10.9. The van der Waals surface area contributed by atoms with E-state index in [9.17, 15) is 4.79 Å². The number of anilines is 1. The molecule has 0 aliphatic carbocycles. The van der Waals surface area contributed by atoms with E-state index in [2.05, 4.69) is 15.5 Å². The molecule has 31 heavy (non-hydrogen) atoms.